The molecule has 0 spiro atoms. The van der Waals surface area contributed by atoms with Crippen LogP contribution < -0.4 is 5.73 Å². The van der Waals surface area contributed by atoms with Crippen molar-refractivity contribution in [2.45, 2.75) is 19.3 Å². The first kappa shape index (κ1) is 10.1. The normalized spacial score (nSPS) is 11.1. The van der Waals surface area contributed by atoms with E-state index in [1.807, 2.05) is 7.05 Å². The van der Waals surface area contributed by atoms with Crippen molar-refractivity contribution in [3.8, 4) is 0 Å². The number of hydrogen-bond donors (Lipinski definition) is 1. The molecule has 0 bridgehead atoms. The monoisotopic (exact) mass is 204 g/mol. The molecule has 0 unspecified atom stereocenters. The Morgan fingerprint density at radius 1 is 1.33 bits per heavy atom. The van der Waals surface area contributed by atoms with Crippen molar-refractivity contribution < 1.29 is 0 Å². The van der Waals surface area contributed by atoms with Crippen LogP contribution in [-0.4, -0.2) is 21.5 Å². The molecule has 0 saturated heterocycles. The topological polar surface area (TPSA) is 56.7 Å². The molecular weight excluding hydrogens is 188 g/mol. The molecule has 1 heterocycles. The summed E-state index contributed by atoms with van der Waals surface area (Å²) in [5.74, 6) is 0. The van der Waals surface area contributed by atoms with Crippen molar-refractivity contribution in [2.75, 3.05) is 6.54 Å². The largest absolute Gasteiger partial charge is 0.330 e. The molecule has 0 radical (unpaired) electrons. The predicted octanol–water partition coefficient (Wildman–Crippen LogP) is 1.25. The highest BCUT2D eigenvalue weighted by Gasteiger charge is 2.01. The van der Waals surface area contributed by atoms with Gasteiger partial charge < -0.3 is 5.73 Å². The lowest BCUT2D eigenvalue weighted by atomic mass is 10.1. The third-order valence-corrected chi connectivity index (χ3v) is 2.59. The van der Waals surface area contributed by atoms with E-state index in [-0.39, 0.29) is 0 Å². The van der Waals surface area contributed by atoms with Gasteiger partial charge in [-0.05, 0) is 43.5 Å². The Balaban J connectivity index is 2.16. The highest BCUT2D eigenvalue weighted by atomic mass is 15.4. The summed E-state index contributed by atoms with van der Waals surface area (Å²) in [6.45, 7) is 0.771. The molecule has 0 aliphatic carbocycles. The van der Waals surface area contributed by atoms with Gasteiger partial charge in [-0.2, -0.15) is 0 Å². The van der Waals surface area contributed by atoms with E-state index in [1.165, 1.54) is 5.56 Å². The number of hydrogen-bond acceptors (Lipinski definition) is 3. The van der Waals surface area contributed by atoms with E-state index < -0.39 is 0 Å². The van der Waals surface area contributed by atoms with Crippen LogP contribution >= 0.6 is 0 Å². The summed E-state index contributed by atoms with van der Waals surface area (Å²) in [6, 6.07) is 6.33. The van der Waals surface area contributed by atoms with Gasteiger partial charge in [0.2, 0.25) is 0 Å². The lowest BCUT2D eigenvalue weighted by Gasteiger charge is -2.00. The molecule has 0 saturated carbocycles. The molecule has 0 amide bonds. The van der Waals surface area contributed by atoms with Gasteiger partial charge >= 0.3 is 0 Å². The van der Waals surface area contributed by atoms with E-state index in [0.29, 0.717) is 0 Å². The SMILES string of the molecule is Cn1nnc2cc(CCCCN)ccc21. The fraction of sp³-hybridized carbons (Fsp3) is 0.455. The molecule has 15 heavy (non-hydrogen) atoms. The second kappa shape index (κ2) is 4.40. The number of rotatable bonds is 4. The Hall–Kier alpha value is -1.42. The standard InChI is InChI=1S/C11H16N4/c1-15-11-6-5-9(4-2-3-7-12)8-10(11)13-14-15/h5-6,8H,2-4,7,12H2,1H3. The summed E-state index contributed by atoms with van der Waals surface area (Å²) in [4.78, 5) is 0. The predicted molar refractivity (Wildman–Crippen MR) is 60.5 cm³/mol. The Bertz CT molecular complexity index is 447. The quantitative estimate of drug-likeness (QED) is 0.762. The van der Waals surface area contributed by atoms with E-state index in [0.717, 1.165) is 36.8 Å². The fourth-order valence-corrected chi connectivity index (χ4v) is 1.72. The van der Waals surface area contributed by atoms with Gasteiger partial charge in [0, 0.05) is 7.05 Å². The maximum Gasteiger partial charge on any atom is 0.113 e. The van der Waals surface area contributed by atoms with Crippen LogP contribution in [0, 0.1) is 0 Å². The first-order valence-electron chi connectivity index (χ1n) is 5.29. The molecule has 0 aliphatic rings. The van der Waals surface area contributed by atoms with Crippen LogP contribution in [0.1, 0.15) is 18.4 Å². The van der Waals surface area contributed by atoms with Crippen molar-refractivity contribution in [3.63, 3.8) is 0 Å². The third kappa shape index (κ3) is 2.15. The summed E-state index contributed by atoms with van der Waals surface area (Å²) in [5.41, 5.74) is 8.83. The molecule has 1 aromatic carbocycles. The van der Waals surface area contributed by atoms with Crippen molar-refractivity contribution in [2.24, 2.45) is 12.8 Å². The Morgan fingerprint density at radius 3 is 3.00 bits per heavy atom. The zero-order valence-electron chi connectivity index (χ0n) is 8.98. The van der Waals surface area contributed by atoms with Gasteiger partial charge in [-0.25, -0.2) is 4.68 Å². The zero-order valence-corrected chi connectivity index (χ0v) is 8.98. The number of fused-ring (bicyclic) bond motifs is 1. The van der Waals surface area contributed by atoms with Crippen LogP contribution in [0.4, 0.5) is 0 Å². The van der Waals surface area contributed by atoms with Crippen molar-refractivity contribution in [3.05, 3.63) is 23.8 Å². The number of benzene rings is 1. The molecule has 4 heteroatoms. The smallest absolute Gasteiger partial charge is 0.113 e. The van der Waals surface area contributed by atoms with Crippen LogP contribution in [0.15, 0.2) is 18.2 Å². The molecule has 1 aromatic heterocycles. The Morgan fingerprint density at radius 2 is 2.20 bits per heavy atom. The van der Waals surface area contributed by atoms with Gasteiger partial charge in [-0.3, -0.25) is 0 Å². The van der Waals surface area contributed by atoms with Gasteiger partial charge in [0.25, 0.3) is 0 Å². The van der Waals surface area contributed by atoms with Gasteiger partial charge in [0.05, 0.1) is 5.52 Å². The average Bonchev–Trinajstić information content (AvgIpc) is 2.61. The lowest BCUT2D eigenvalue weighted by molar-refractivity contribution is 0.736. The van der Waals surface area contributed by atoms with Gasteiger partial charge in [-0.15, -0.1) is 5.10 Å². The number of aryl methyl sites for hydroxylation is 2. The van der Waals surface area contributed by atoms with E-state index in [2.05, 4.69) is 28.5 Å². The van der Waals surface area contributed by atoms with E-state index in [4.69, 9.17) is 5.73 Å². The number of aromatic nitrogens is 3. The number of nitrogens with two attached hydrogens (primary N) is 1. The average molecular weight is 204 g/mol. The summed E-state index contributed by atoms with van der Waals surface area (Å²) < 4.78 is 1.79. The van der Waals surface area contributed by atoms with Crippen molar-refractivity contribution in [1.29, 1.82) is 0 Å². The van der Waals surface area contributed by atoms with Crippen molar-refractivity contribution in [1.82, 2.24) is 15.0 Å². The maximum atomic E-state index is 5.46. The molecule has 0 aliphatic heterocycles. The highest BCUT2D eigenvalue weighted by Crippen LogP contribution is 2.14. The minimum atomic E-state index is 0.771. The summed E-state index contributed by atoms with van der Waals surface area (Å²) in [7, 11) is 1.91. The van der Waals surface area contributed by atoms with Crippen LogP contribution in [-0.2, 0) is 13.5 Å². The van der Waals surface area contributed by atoms with E-state index in [1.54, 1.807) is 4.68 Å². The molecule has 0 atom stereocenters. The van der Waals surface area contributed by atoms with E-state index in [9.17, 15) is 0 Å². The van der Waals surface area contributed by atoms with E-state index >= 15 is 0 Å². The molecular formula is C11H16N4. The van der Waals surface area contributed by atoms with Gasteiger partial charge in [0.1, 0.15) is 5.52 Å². The van der Waals surface area contributed by atoms with Crippen molar-refractivity contribution >= 4 is 11.0 Å². The number of unbranched alkanes of at least 4 members (excludes halogenated alkanes) is 1. The molecule has 0 fully saturated rings. The lowest BCUT2D eigenvalue weighted by Crippen LogP contribution is -1.98. The molecule has 2 rings (SSSR count). The molecule has 80 valence electrons. The summed E-state index contributed by atoms with van der Waals surface area (Å²) in [6.07, 6.45) is 3.30. The minimum Gasteiger partial charge on any atom is -0.330 e. The fourth-order valence-electron chi connectivity index (χ4n) is 1.72. The van der Waals surface area contributed by atoms with Crippen LogP contribution in [0.3, 0.4) is 0 Å². The minimum absolute atomic E-state index is 0.771. The molecule has 2 N–H and O–H groups in total. The second-order valence-corrected chi connectivity index (χ2v) is 3.78. The number of nitrogens with zero attached hydrogens (tertiary/aromatic N) is 3. The maximum absolute atomic E-state index is 5.46. The summed E-state index contributed by atoms with van der Waals surface area (Å²) in [5, 5.41) is 8.08. The first-order chi connectivity index (χ1) is 7.31. The van der Waals surface area contributed by atoms with Crippen LogP contribution in [0.2, 0.25) is 0 Å². The van der Waals surface area contributed by atoms with Crippen LogP contribution in [0.25, 0.3) is 11.0 Å². The first-order valence-corrected chi connectivity index (χ1v) is 5.29. The van der Waals surface area contributed by atoms with Gasteiger partial charge in [0.15, 0.2) is 0 Å². The summed E-state index contributed by atoms with van der Waals surface area (Å²) >= 11 is 0. The third-order valence-electron chi connectivity index (χ3n) is 2.59. The molecule has 4 nitrogen and oxygen atoms in total. The van der Waals surface area contributed by atoms with Crippen LogP contribution in [0.5, 0.6) is 0 Å². The molecule has 2 aromatic rings. The zero-order chi connectivity index (χ0) is 10.7. The highest BCUT2D eigenvalue weighted by molar-refractivity contribution is 5.74. The Kier molecular flexibility index (Phi) is 2.97. The van der Waals surface area contributed by atoms with Gasteiger partial charge in [-0.1, -0.05) is 11.3 Å². The second-order valence-electron chi connectivity index (χ2n) is 3.78. The Labute approximate surface area is 89.1 Å².